The Hall–Kier alpha value is -2.10. The first-order valence-corrected chi connectivity index (χ1v) is 6.01. The van der Waals surface area contributed by atoms with Crippen molar-refractivity contribution >= 4 is 11.6 Å². The first-order chi connectivity index (χ1) is 10.4. The third-order valence-electron chi connectivity index (χ3n) is 2.68. The first-order valence-electron chi connectivity index (χ1n) is 5.64. The lowest BCUT2D eigenvalue weighted by Gasteiger charge is -2.13. The molecule has 0 aliphatic heterocycles. The van der Waals surface area contributed by atoms with Gasteiger partial charge in [0.1, 0.15) is 5.02 Å². The fourth-order valence-electron chi connectivity index (χ4n) is 1.62. The molecule has 0 radical (unpaired) electrons. The molecule has 0 N–H and O–H groups in total. The van der Waals surface area contributed by atoms with Crippen molar-refractivity contribution in [2.45, 2.75) is 12.4 Å². The van der Waals surface area contributed by atoms with E-state index in [1.807, 2.05) is 0 Å². The van der Waals surface area contributed by atoms with E-state index in [1.54, 1.807) is 0 Å². The molecular formula is C12H4ClF7N2O. The second-order valence-electron chi connectivity index (χ2n) is 4.28. The Bertz CT molecular complexity index is 811. The minimum absolute atomic E-state index is 0.0168. The SMILES string of the molecule is O=c1c(Cl)cc(C(F)(F)F)cn1-c1ncc(C(F)(F)F)cc1F. The molecule has 2 aromatic heterocycles. The van der Waals surface area contributed by atoms with E-state index in [9.17, 15) is 35.5 Å². The van der Waals surface area contributed by atoms with Crippen LogP contribution in [-0.2, 0) is 12.4 Å². The van der Waals surface area contributed by atoms with E-state index < -0.39 is 45.7 Å². The van der Waals surface area contributed by atoms with E-state index in [2.05, 4.69) is 4.98 Å². The molecule has 0 aliphatic rings. The largest absolute Gasteiger partial charge is 0.417 e. The van der Waals surface area contributed by atoms with Crippen molar-refractivity contribution in [3.05, 3.63) is 56.8 Å². The summed E-state index contributed by atoms with van der Waals surface area (Å²) in [6.45, 7) is 0. The van der Waals surface area contributed by atoms with Gasteiger partial charge in [-0.15, -0.1) is 0 Å². The van der Waals surface area contributed by atoms with E-state index in [0.717, 1.165) is 0 Å². The van der Waals surface area contributed by atoms with Crippen molar-refractivity contribution in [3.8, 4) is 5.82 Å². The molecule has 0 saturated carbocycles. The van der Waals surface area contributed by atoms with Crippen molar-refractivity contribution in [1.29, 1.82) is 0 Å². The quantitative estimate of drug-likeness (QED) is 0.719. The maximum atomic E-state index is 13.8. The predicted molar refractivity (Wildman–Crippen MR) is 64.8 cm³/mol. The third-order valence-corrected chi connectivity index (χ3v) is 2.95. The molecule has 23 heavy (non-hydrogen) atoms. The van der Waals surface area contributed by atoms with E-state index in [1.165, 1.54) is 0 Å². The monoisotopic (exact) mass is 360 g/mol. The molecule has 11 heteroatoms. The molecule has 2 aromatic rings. The van der Waals surface area contributed by atoms with Crippen LogP contribution in [-0.4, -0.2) is 9.55 Å². The lowest BCUT2D eigenvalue weighted by atomic mass is 10.2. The van der Waals surface area contributed by atoms with Crippen molar-refractivity contribution in [3.63, 3.8) is 0 Å². The van der Waals surface area contributed by atoms with Crippen molar-refractivity contribution in [1.82, 2.24) is 9.55 Å². The predicted octanol–water partition coefficient (Wildman–Crippen LogP) is 4.06. The number of pyridine rings is 2. The summed E-state index contributed by atoms with van der Waals surface area (Å²) in [5, 5.41) is -0.888. The molecule has 0 amide bonds. The zero-order valence-corrected chi connectivity index (χ0v) is 11.4. The number of aromatic nitrogens is 2. The minimum atomic E-state index is -4.90. The number of alkyl halides is 6. The summed E-state index contributed by atoms with van der Waals surface area (Å²) in [7, 11) is 0. The van der Waals surface area contributed by atoms with Gasteiger partial charge in [-0.1, -0.05) is 11.6 Å². The Morgan fingerprint density at radius 2 is 1.57 bits per heavy atom. The van der Waals surface area contributed by atoms with Crippen LogP contribution in [0.25, 0.3) is 5.82 Å². The van der Waals surface area contributed by atoms with Crippen LogP contribution in [0.1, 0.15) is 11.1 Å². The maximum Gasteiger partial charge on any atom is 0.417 e. The molecule has 2 heterocycles. The van der Waals surface area contributed by atoms with Gasteiger partial charge < -0.3 is 0 Å². The zero-order chi connectivity index (χ0) is 17.6. The molecule has 0 atom stereocenters. The molecule has 0 spiro atoms. The Kier molecular flexibility index (Phi) is 4.14. The van der Waals surface area contributed by atoms with E-state index in [-0.39, 0.29) is 23.0 Å². The van der Waals surface area contributed by atoms with E-state index in [4.69, 9.17) is 11.6 Å². The fraction of sp³-hybridized carbons (Fsp3) is 0.167. The first kappa shape index (κ1) is 17.3. The average molecular weight is 361 g/mol. The Labute approximate surface area is 127 Å². The standard InChI is InChI=1S/C12H4ClF7N2O/c13-7-1-6(12(18,19)20)4-22(10(7)23)9-8(14)2-5(3-21-9)11(15,16)17/h1-4H. The minimum Gasteiger partial charge on any atom is -0.267 e. The number of hydrogen-bond donors (Lipinski definition) is 0. The van der Waals surface area contributed by atoms with Crippen LogP contribution in [0.3, 0.4) is 0 Å². The van der Waals surface area contributed by atoms with E-state index >= 15 is 0 Å². The van der Waals surface area contributed by atoms with Crippen LogP contribution in [0.2, 0.25) is 5.02 Å². The van der Waals surface area contributed by atoms with Crippen LogP contribution in [0.4, 0.5) is 30.7 Å². The second-order valence-corrected chi connectivity index (χ2v) is 4.68. The molecule has 0 aliphatic carbocycles. The number of hydrogen-bond acceptors (Lipinski definition) is 2. The Morgan fingerprint density at radius 3 is 2.04 bits per heavy atom. The van der Waals surface area contributed by atoms with Gasteiger partial charge in [-0.25, -0.2) is 9.37 Å². The summed E-state index contributed by atoms with van der Waals surface area (Å²) in [4.78, 5) is 14.8. The van der Waals surface area contributed by atoms with Crippen LogP contribution in [0, 0.1) is 5.82 Å². The molecule has 0 unspecified atom stereocenters. The maximum absolute atomic E-state index is 13.8. The molecule has 0 fully saturated rings. The third kappa shape index (κ3) is 3.46. The molecule has 0 aromatic carbocycles. The van der Waals surface area contributed by atoms with Crippen molar-refractivity contribution in [2.75, 3.05) is 0 Å². The smallest absolute Gasteiger partial charge is 0.267 e. The number of halogens is 8. The van der Waals surface area contributed by atoms with Gasteiger partial charge >= 0.3 is 12.4 Å². The molecule has 124 valence electrons. The second kappa shape index (κ2) is 5.52. The highest BCUT2D eigenvalue weighted by atomic mass is 35.5. The number of rotatable bonds is 1. The van der Waals surface area contributed by atoms with Crippen molar-refractivity contribution < 1.29 is 30.7 Å². The van der Waals surface area contributed by atoms with Crippen LogP contribution >= 0.6 is 11.6 Å². The average Bonchev–Trinajstić information content (AvgIpc) is 2.39. The van der Waals surface area contributed by atoms with E-state index in [0.29, 0.717) is 6.07 Å². The van der Waals surface area contributed by atoms with Gasteiger partial charge in [0.05, 0.1) is 11.1 Å². The van der Waals surface area contributed by atoms with Crippen LogP contribution < -0.4 is 5.56 Å². The Morgan fingerprint density at radius 1 is 1.00 bits per heavy atom. The van der Waals surface area contributed by atoms with Gasteiger partial charge in [-0.2, -0.15) is 26.3 Å². The van der Waals surface area contributed by atoms with Crippen LogP contribution in [0.15, 0.2) is 29.3 Å². The summed E-state index contributed by atoms with van der Waals surface area (Å²) in [6, 6.07) is 0.339. The fourth-order valence-corrected chi connectivity index (χ4v) is 1.83. The highest BCUT2D eigenvalue weighted by Gasteiger charge is 2.34. The highest BCUT2D eigenvalue weighted by molar-refractivity contribution is 6.30. The summed E-state index contributed by atoms with van der Waals surface area (Å²) >= 11 is 5.37. The van der Waals surface area contributed by atoms with Gasteiger partial charge in [0.25, 0.3) is 5.56 Å². The zero-order valence-electron chi connectivity index (χ0n) is 10.6. The molecular weight excluding hydrogens is 357 g/mol. The normalized spacial score (nSPS) is 12.5. The summed E-state index contributed by atoms with van der Waals surface area (Å²) < 4.78 is 89.2. The molecule has 0 bridgehead atoms. The van der Waals surface area contributed by atoms with Gasteiger partial charge in [-0.05, 0) is 12.1 Å². The topological polar surface area (TPSA) is 34.9 Å². The van der Waals surface area contributed by atoms with Gasteiger partial charge in [0.15, 0.2) is 11.6 Å². The molecule has 2 rings (SSSR count). The van der Waals surface area contributed by atoms with Crippen molar-refractivity contribution in [2.24, 2.45) is 0 Å². The summed E-state index contributed by atoms with van der Waals surface area (Å²) in [5.41, 5.74) is -4.10. The summed E-state index contributed by atoms with van der Waals surface area (Å²) in [5.74, 6) is -2.66. The molecule has 0 saturated heterocycles. The number of nitrogens with zero attached hydrogens (tertiary/aromatic N) is 2. The molecule has 3 nitrogen and oxygen atoms in total. The lowest BCUT2D eigenvalue weighted by molar-refractivity contribution is -0.138. The summed E-state index contributed by atoms with van der Waals surface area (Å²) in [6.07, 6.45) is -9.41. The van der Waals surface area contributed by atoms with Gasteiger partial charge in [0, 0.05) is 12.4 Å². The highest BCUT2D eigenvalue weighted by Crippen LogP contribution is 2.32. The Balaban J connectivity index is 2.68. The van der Waals surface area contributed by atoms with Crippen LogP contribution in [0.5, 0.6) is 0 Å². The van der Waals surface area contributed by atoms with Gasteiger partial charge in [-0.3, -0.25) is 9.36 Å². The lowest BCUT2D eigenvalue weighted by Crippen LogP contribution is -2.23. The van der Waals surface area contributed by atoms with Gasteiger partial charge in [0.2, 0.25) is 0 Å².